The number of benzene rings is 6. The third-order valence-corrected chi connectivity index (χ3v) is 23.3. The van der Waals surface area contributed by atoms with Crippen LogP contribution < -0.4 is 21.5 Å². The molecule has 0 saturated heterocycles. The van der Waals surface area contributed by atoms with Gasteiger partial charge in [-0.2, -0.15) is 0 Å². The molecule has 0 atom stereocenters. The zero-order valence-corrected chi connectivity index (χ0v) is 33.3. The fourth-order valence-electron chi connectivity index (χ4n) is 5.19. The van der Waals surface area contributed by atoms with Crippen molar-refractivity contribution in [2.75, 3.05) is 0 Å². The minimum atomic E-state index is -1.98. The fourth-order valence-corrected chi connectivity index (χ4v) is 20.0. The van der Waals surface area contributed by atoms with E-state index < -0.39 is 45.5 Å². The van der Waals surface area contributed by atoms with Crippen LogP contribution in [0.25, 0.3) is 6.08 Å². The molecular formula is C43H35O3SSn2. The SMILES string of the molecule is O=C(O)/C([S-])=C\c1ccco1.c1cc[c]([Sn+]([c]2ccccc2)[c]2ccccc2)cc1.c1cc[c]([Sn]([c]2ccccc2)[c]2ccccc2)cc1. The third kappa shape index (κ3) is 11.1. The summed E-state index contributed by atoms with van der Waals surface area (Å²) in [7, 11) is 0. The molecule has 0 aliphatic carbocycles. The van der Waals surface area contributed by atoms with E-state index >= 15 is 0 Å². The third-order valence-electron chi connectivity index (χ3n) is 7.40. The van der Waals surface area contributed by atoms with Gasteiger partial charge >= 0.3 is 249 Å². The molecule has 0 saturated carbocycles. The van der Waals surface area contributed by atoms with Crippen molar-refractivity contribution in [1.82, 2.24) is 0 Å². The summed E-state index contributed by atoms with van der Waals surface area (Å²) < 4.78 is 14.0. The molecule has 1 N–H and O–H groups in total. The fraction of sp³-hybridized carbons (Fsp3) is 0. The van der Waals surface area contributed by atoms with Crippen LogP contribution in [-0.2, 0) is 17.4 Å². The summed E-state index contributed by atoms with van der Waals surface area (Å²) in [5, 5.41) is 8.37. The zero-order valence-electron chi connectivity index (χ0n) is 26.8. The monoisotopic (exact) mass is 871 g/mol. The van der Waals surface area contributed by atoms with Gasteiger partial charge in [-0.25, -0.2) is 4.79 Å². The Bertz CT molecular complexity index is 1670. The minimum absolute atomic E-state index is 0.153. The van der Waals surface area contributed by atoms with Crippen LogP contribution in [0.15, 0.2) is 210 Å². The molecular weight excluding hydrogens is 834 g/mol. The summed E-state index contributed by atoms with van der Waals surface area (Å²) in [6.45, 7) is 0. The van der Waals surface area contributed by atoms with E-state index in [1.54, 1.807) is 12.1 Å². The zero-order chi connectivity index (χ0) is 34.1. The number of carboxylic acids is 1. The van der Waals surface area contributed by atoms with Crippen molar-refractivity contribution in [3.05, 3.63) is 211 Å². The average molecular weight is 869 g/mol. The number of furan rings is 1. The quantitative estimate of drug-likeness (QED) is 0.122. The first-order chi connectivity index (χ1) is 24.1. The van der Waals surface area contributed by atoms with Gasteiger partial charge in [-0.3, -0.25) is 0 Å². The van der Waals surface area contributed by atoms with Crippen molar-refractivity contribution in [3.8, 4) is 0 Å². The van der Waals surface area contributed by atoms with Crippen molar-refractivity contribution >= 4 is 85.7 Å². The van der Waals surface area contributed by atoms with Crippen molar-refractivity contribution in [3.63, 3.8) is 0 Å². The van der Waals surface area contributed by atoms with E-state index in [1.165, 1.54) is 33.8 Å². The molecule has 0 bridgehead atoms. The van der Waals surface area contributed by atoms with Crippen molar-refractivity contribution in [2.45, 2.75) is 0 Å². The van der Waals surface area contributed by atoms with E-state index in [0.29, 0.717) is 5.76 Å². The van der Waals surface area contributed by atoms with E-state index in [2.05, 4.69) is 195 Å². The van der Waals surface area contributed by atoms with Gasteiger partial charge in [-0.1, -0.05) is 4.91 Å². The second-order valence-corrected chi connectivity index (χ2v) is 25.4. The van der Waals surface area contributed by atoms with Gasteiger partial charge in [0.05, 0.1) is 6.26 Å². The van der Waals surface area contributed by atoms with Gasteiger partial charge in [0, 0.05) is 0 Å². The van der Waals surface area contributed by atoms with Crippen LogP contribution >= 0.6 is 0 Å². The van der Waals surface area contributed by atoms with E-state index in [4.69, 9.17) is 9.52 Å². The number of hydrogen-bond donors (Lipinski definition) is 1. The van der Waals surface area contributed by atoms with E-state index in [0.717, 1.165) is 0 Å². The molecule has 239 valence electrons. The number of carboxylic acid groups (broad SMARTS) is 1. The first-order valence-corrected chi connectivity index (χ1v) is 24.8. The van der Waals surface area contributed by atoms with Crippen LogP contribution in [0, 0.1) is 0 Å². The molecule has 0 aliphatic rings. The first kappa shape index (κ1) is 35.9. The van der Waals surface area contributed by atoms with Crippen molar-refractivity contribution < 1.29 is 14.3 Å². The molecule has 0 aliphatic heterocycles. The van der Waals surface area contributed by atoms with Gasteiger partial charge in [0.2, 0.25) is 0 Å². The predicted molar refractivity (Wildman–Crippen MR) is 210 cm³/mol. The summed E-state index contributed by atoms with van der Waals surface area (Å²) in [6, 6.07) is 69.2. The number of hydrogen-bond acceptors (Lipinski definition) is 3. The molecule has 6 aromatic carbocycles. The maximum atomic E-state index is 10.2. The van der Waals surface area contributed by atoms with Crippen LogP contribution in [0.3, 0.4) is 0 Å². The van der Waals surface area contributed by atoms with Crippen LogP contribution in [-0.4, -0.2) is 50.6 Å². The van der Waals surface area contributed by atoms with Gasteiger partial charge in [-0.15, -0.1) is 0 Å². The molecule has 1 heterocycles. The van der Waals surface area contributed by atoms with Crippen molar-refractivity contribution in [2.24, 2.45) is 0 Å². The molecule has 0 unspecified atom stereocenters. The predicted octanol–water partition coefficient (Wildman–Crippen LogP) is 5.66. The van der Waals surface area contributed by atoms with E-state index in [1.807, 2.05) is 0 Å². The molecule has 1 aromatic heterocycles. The standard InChI is InChI=1S/C7H6O3S.6C6H5.2Sn/c8-7(9)6(11)4-5-2-1-3-10-5;6*1-2-4-6-5-3-1;;/h1-4,11H,(H,8,9);6*1-5H;;/q;;;;;;;;+1/p-1/b6-4+;;;;;;;;. The molecule has 7 rings (SSSR count). The van der Waals surface area contributed by atoms with Gasteiger partial charge < -0.3 is 22.2 Å². The summed E-state index contributed by atoms with van der Waals surface area (Å²) in [5.74, 6) is -0.659. The summed E-state index contributed by atoms with van der Waals surface area (Å²) in [4.78, 5) is 10.1. The number of aliphatic carboxylic acids is 1. The van der Waals surface area contributed by atoms with Gasteiger partial charge in [0.25, 0.3) is 0 Å². The van der Waals surface area contributed by atoms with Gasteiger partial charge in [-0.05, 0) is 18.2 Å². The Kier molecular flexibility index (Phi) is 14.4. The van der Waals surface area contributed by atoms with E-state index in [9.17, 15) is 4.79 Å². The molecule has 1 radical (unpaired) electrons. The average Bonchev–Trinajstić information content (AvgIpc) is 3.68. The second-order valence-electron chi connectivity index (χ2n) is 10.8. The topological polar surface area (TPSA) is 50.4 Å². The van der Waals surface area contributed by atoms with E-state index in [-0.39, 0.29) is 4.91 Å². The number of rotatable bonds is 8. The molecule has 6 heteroatoms. The Morgan fingerprint density at radius 1 is 0.510 bits per heavy atom. The molecule has 49 heavy (non-hydrogen) atoms. The molecule has 7 aromatic rings. The van der Waals surface area contributed by atoms with Crippen LogP contribution in [0.5, 0.6) is 0 Å². The Morgan fingerprint density at radius 3 is 1.12 bits per heavy atom. The van der Waals surface area contributed by atoms with Crippen LogP contribution in [0.1, 0.15) is 5.76 Å². The van der Waals surface area contributed by atoms with Crippen molar-refractivity contribution in [1.29, 1.82) is 0 Å². The summed E-state index contributed by atoms with van der Waals surface area (Å²) in [6.07, 6.45) is 2.74. The molecule has 0 amide bonds. The molecule has 0 spiro atoms. The van der Waals surface area contributed by atoms with Gasteiger partial charge in [0.15, 0.2) is 0 Å². The first-order valence-electron chi connectivity index (χ1n) is 15.8. The Hall–Kier alpha value is -4.37. The normalized spacial score (nSPS) is 10.6. The molecule has 3 nitrogen and oxygen atoms in total. The Morgan fingerprint density at radius 2 is 0.837 bits per heavy atom. The summed E-state index contributed by atoms with van der Waals surface area (Å²) >= 11 is 0.548. The Labute approximate surface area is 308 Å². The number of carbonyl (C=O) groups is 1. The van der Waals surface area contributed by atoms with Crippen LogP contribution in [0.4, 0.5) is 0 Å². The second kappa shape index (κ2) is 19.6. The van der Waals surface area contributed by atoms with Crippen LogP contribution in [0.2, 0.25) is 0 Å². The maximum absolute atomic E-state index is 10.2. The molecule has 0 fully saturated rings. The van der Waals surface area contributed by atoms with Gasteiger partial charge in [0.1, 0.15) is 5.76 Å². The summed E-state index contributed by atoms with van der Waals surface area (Å²) in [5.41, 5.74) is 0. The Balaban J connectivity index is 0.000000149.